The van der Waals surface area contributed by atoms with Crippen LogP contribution in [0.3, 0.4) is 0 Å². The second kappa shape index (κ2) is 10.4. The maximum absolute atomic E-state index is 12.9. The summed E-state index contributed by atoms with van der Waals surface area (Å²) in [7, 11) is 1.78. The van der Waals surface area contributed by atoms with Crippen LogP contribution in [0.2, 0.25) is 5.02 Å². The van der Waals surface area contributed by atoms with Gasteiger partial charge in [-0.05, 0) is 55.0 Å². The molecule has 1 aromatic heterocycles. The monoisotopic (exact) mass is 473 g/mol. The fourth-order valence-electron chi connectivity index (χ4n) is 3.60. The first-order valence-corrected chi connectivity index (χ1v) is 11.3. The molecule has 0 N–H and O–H groups in total. The number of amides is 1. The van der Waals surface area contributed by atoms with Crippen molar-refractivity contribution in [2.75, 3.05) is 13.7 Å². The number of hydrogen-bond donors (Lipinski definition) is 0. The quantitative estimate of drug-likeness (QED) is 0.326. The lowest BCUT2D eigenvalue weighted by Crippen LogP contribution is -2.26. The predicted molar refractivity (Wildman–Crippen MR) is 132 cm³/mol. The Kier molecular flexibility index (Phi) is 7.09. The van der Waals surface area contributed by atoms with Crippen LogP contribution in [-0.2, 0) is 11.3 Å². The first-order valence-electron chi connectivity index (χ1n) is 10.9. The van der Waals surface area contributed by atoms with E-state index in [2.05, 4.69) is 5.10 Å². The number of hydrogen-bond acceptors (Lipinski definition) is 4. The zero-order valence-electron chi connectivity index (χ0n) is 18.9. The molecule has 7 heteroatoms. The number of ether oxygens (including phenoxy) is 1. The van der Waals surface area contributed by atoms with Gasteiger partial charge in [-0.25, -0.2) is 9.48 Å². The molecule has 0 unspecified atom stereocenters. The first kappa shape index (κ1) is 23.3. The van der Waals surface area contributed by atoms with Gasteiger partial charge in [0.1, 0.15) is 0 Å². The lowest BCUT2D eigenvalue weighted by molar-refractivity contribution is 0.0518. The molecule has 0 aliphatic rings. The fraction of sp³-hybridized carbons (Fsp3) is 0.148. The maximum atomic E-state index is 12.9. The van der Waals surface area contributed by atoms with Gasteiger partial charge in [0, 0.05) is 29.7 Å². The summed E-state index contributed by atoms with van der Waals surface area (Å²) >= 11 is 6.04. The summed E-state index contributed by atoms with van der Waals surface area (Å²) in [5.74, 6) is -0.577. The van der Waals surface area contributed by atoms with Crippen LogP contribution in [0.4, 0.5) is 0 Å². The van der Waals surface area contributed by atoms with Crippen LogP contribution in [0.25, 0.3) is 16.9 Å². The number of rotatable bonds is 7. The van der Waals surface area contributed by atoms with Crippen molar-refractivity contribution in [2.24, 2.45) is 0 Å². The molecule has 4 rings (SSSR count). The highest BCUT2D eigenvalue weighted by Gasteiger charge is 2.18. The van der Waals surface area contributed by atoms with Crippen molar-refractivity contribution in [3.8, 4) is 16.9 Å². The molecular formula is C27H24ClN3O3. The lowest BCUT2D eigenvalue weighted by atomic mass is 10.1. The largest absolute Gasteiger partial charge is 0.461 e. The molecule has 0 fully saturated rings. The fourth-order valence-corrected chi connectivity index (χ4v) is 3.73. The summed E-state index contributed by atoms with van der Waals surface area (Å²) in [5, 5.41) is 5.09. The Morgan fingerprint density at radius 1 is 0.971 bits per heavy atom. The number of halogens is 1. The highest BCUT2D eigenvalue weighted by molar-refractivity contribution is 6.30. The van der Waals surface area contributed by atoms with Crippen molar-refractivity contribution in [2.45, 2.75) is 13.5 Å². The van der Waals surface area contributed by atoms with Crippen molar-refractivity contribution >= 4 is 23.5 Å². The van der Waals surface area contributed by atoms with Crippen LogP contribution in [0, 0.1) is 0 Å². The average Bonchev–Trinajstić information content (AvgIpc) is 3.30. The van der Waals surface area contributed by atoms with E-state index in [4.69, 9.17) is 16.3 Å². The Morgan fingerprint density at radius 2 is 1.65 bits per heavy atom. The van der Waals surface area contributed by atoms with Gasteiger partial charge < -0.3 is 9.64 Å². The Balaban J connectivity index is 1.62. The van der Waals surface area contributed by atoms with Gasteiger partial charge >= 0.3 is 5.97 Å². The van der Waals surface area contributed by atoms with Gasteiger partial charge in [0.15, 0.2) is 5.69 Å². The molecule has 34 heavy (non-hydrogen) atoms. The summed E-state index contributed by atoms with van der Waals surface area (Å²) in [5.41, 5.74) is 4.09. The minimum atomic E-state index is -0.495. The molecule has 0 saturated carbocycles. The molecule has 6 nitrogen and oxygen atoms in total. The first-order chi connectivity index (χ1) is 16.5. The van der Waals surface area contributed by atoms with Crippen molar-refractivity contribution in [1.29, 1.82) is 0 Å². The minimum Gasteiger partial charge on any atom is -0.461 e. The number of benzene rings is 3. The normalized spacial score (nSPS) is 10.7. The van der Waals surface area contributed by atoms with E-state index >= 15 is 0 Å². The molecule has 3 aromatic carbocycles. The van der Waals surface area contributed by atoms with Crippen LogP contribution in [0.1, 0.15) is 33.3 Å². The maximum Gasteiger partial charge on any atom is 0.358 e. The third-order valence-electron chi connectivity index (χ3n) is 5.30. The molecule has 0 aliphatic heterocycles. The van der Waals surface area contributed by atoms with E-state index in [1.54, 1.807) is 53.9 Å². The summed E-state index contributed by atoms with van der Waals surface area (Å²) in [4.78, 5) is 26.9. The van der Waals surface area contributed by atoms with Crippen molar-refractivity contribution in [1.82, 2.24) is 14.7 Å². The molecular weight excluding hydrogens is 450 g/mol. The smallest absolute Gasteiger partial charge is 0.358 e. The molecule has 1 amide bonds. The van der Waals surface area contributed by atoms with Crippen LogP contribution >= 0.6 is 11.6 Å². The summed E-state index contributed by atoms with van der Waals surface area (Å²) in [6.45, 7) is 2.53. The third kappa shape index (κ3) is 5.18. The van der Waals surface area contributed by atoms with E-state index in [1.807, 2.05) is 54.6 Å². The zero-order chi connectivity index (χ0) is 24.1. The van der Waals surface area contributed by atoms with Crippen LogP contribution in [0.5, 0.6) is 0 Å². The van der Waals surface area contributed by atoms with Gasteiger partial charge in [0.05, 0.1) is 18.0 Å². The number of esters is 1. The van der Waals surface area contributed by atoms with Crippen LogP contribution in [-0.4, -0.2) is 40.2 Å². The second-order valence-electron chi connectivity index (χ2n) is 7.75. The predicted octanol–water partition coefficient (Wildman–Crippen LogP) is 5.64. The average molecular weight is 474 g/mol. The van der Waals surface area contributed by atoms with Gasteiger partial charge in [-0.15, -0.1) is 0 Å². The van der Waals surface area contributed by atoms with Crippen molar-refractivity contribution < 1.29 is 14.3 Å². The van der Waals surface area contributed by atoms with E-state index < -0.39 is 5.97 Å². The molecule has 0 spiro atoms. The number of carbonyl (C=O) groups excluding carboxylic acids is 2. The van der Waals surface area contributed by atoms with Crippen LogP contribution < -0.4 is 0 Å². The Morgan fingerprint density at radius 3 is 2.29 bits per heavy atom. The Hall–Kier alpha value is -3.90. The lowest BCUT2D eigenvalue weighted by Gasteiger charge is -2.17. The number of nitrogens with zero attached hydrogens (tertiary/aromatic N) is 3. The van der Waals surface area contributed by atoms with E-state index in [9.17, 15) is 9.59 Å². The topological polar surface area (TPSA) is 64.4 Å². The van der Waals surface area contributed by atoms with E-state index in [-0.39, 0.29) is 18.2 Å². The molecule has 0 aliphatic carbocycles. The summed E-state index contributed by atoms with van der Waals surface area (Å²) in [6.07, 6.45) is 0. The summed E-state index contributed by atoms with van der Waals surface area (Å²) in [6, 6.07) is 26.0. The van der Waals surface area contributed by atoms with Gasteiger partial charge in [-0.2, -0.15) is 5.10 Å². The van der Waals surface area contributed by atoms with E-state index in [1.165, 1.54) is 0 Å². The van der Waals surface area contributed by atoms with Crippen molar-refractivity contribution in [3.63, 3.8) is 0 Å². The van der Waals surface area contributed by atoms with E-state index in [0.29, 0.717) is 28.5 Å². The Labute approximate surface area is 203 Å². The van der Waals surface area contributed by atoms with Gasteiger partial charge in [0.2, 0.25) is 0 Å². The van der Waals surface area contributed by atoms with Crippen LogP contribution in [0.15, 0.2) is 84.9 Å². The van der Waals surface area contributed by atoms with E-state index in [0.717, 1.165) is 11.1 Å². The standard InChI is InChI=1S/C27H24ClN3O3/c1-3-34-27(33)24-17-25(20-9-13-22(28)14-10-20)31(29-24)23-15-11-21(12-16-23)26(32)30(2)18-19-7-5-4-6-8-19/h4-17H,3,18H2,1-2H3. The van der Waals surface area contributed by atoms with Gasteiger partial charge in [-0.3, -0.25) is 4.79 Å². The molecule has 1 heterocycles. The second-order valence-corrected chi connectivity index (χ2v) is 8.18. The molecule has 0 bridgehead atoms. The SMILES string of the molecule is CCOC(=O)c1cc(-c2ccc(Cl)cc2)n(-c2ccc(C(=O)N(C)Cc3ccccc3)cc2)n1. The zero-order valence-corrected chi connectivity index (χ0v) is 19.7. The Bertz CT molecular complexity index is 1280. The van der Waals surface area contributed by atoms with Gasteiger partial charge in [-0.1, -0.05) is 54.1 Å². The highest BCUT2D eigenvalue weighted by Crippen LogP contribution is 2.26. The molecule has 0 saturated heterocycles. The third-order valence-corrected chi connectivity index (χ3v) is 5.55. The van der Waals surface area contributed by atoms with Gasteiger partial charge in [0.25, 0.3) is 5.91 Å². The minimum absolute atomic E-state index is 0.0824. The molecule has 0 atom stereocenters. The molecule has 172 valence electrons. The number of carbonyl (C=O) groups is 2. The number of aromatic nitrogens is 2. The van der Waals surface area contributed by atoms with Crippen molar-refractivity contribution in [3.05, 3.63) is 107 Å². The highest BCUT2D eigenvalue weighted by atomic mass is 35.5. The summed E-state index contributed by atoms with van der Waals surface area (Å²) < 4.78 is 6.79. The molecule has 4 aromatic rings. The molecule has 0 radical (unpaired) electrons.